The molecule has 28 heavy (non-hydrogen) atoms. The van der Waals surface area contributed by atoms with Crippen molar-refractivity contribution in [1.82, 2.24) is 14.9 Å². The molecule has 0 aliphatic heterocycles. The molecule has 1 N–H and O–H groups in total. The number of nitrogens with zero attached hydrogens (tertiary/aromatic N) is 2. The Hall–Kier alpha value is -3.40. The number of carbonyl (C=O) groups is 1. The van der Waals surface area contributed by atoms with Gasteiger partial charge in [-0.25, -0.2) is 4.98 Å². The lowest BCUT2D eigenvalue weighted by molar-refractivity contribution is -0.121. The van der Waals surface area contributed by atoms with Gasteiger partial charge in [-0.05, 0) is 36.2 Å². The van der Waals surface area contributed by atoms with Crippen LogP contribution in [0.2, 0.25) is 0 Å². The second-order valence-electron chi connectivity index (χ2n) is 6.77. The molecule has 4 nitrogen and oxygen atoms in total. The highest BCUT2D eigenvalue weighted by atomic mass is 16.1. The highest BCUT2D eigenvalue weighted by molar-refractivity contribution is 5.79. The van der Waals surface area contributed by atoms with Gasteiger partial charge in [-0.2, -0.15) is 0 Å². The molecule has 0 saturated carbocycles. The number of nitrogens with one attached hydrogen (secondary N) is 1. The van der Waals surface area contributed by atoms with Crippen molar-refractivity contribution in [2.45, 2.75) is 19.3 Å². The molecule has 1 amide bonds. The molecule has 0 aliphatic rings. The first-order chi connectivity index (χ1) is 13.8. The van der Waals surface area contributed by atoms with E-state index in [-0.39, 0.29) is 5.91 Å². The van der Waals surface area contributed by atoms with Crippen molar-refractivity contribution in [3.05, 3.63) is 96.3 Å². The Labute approximate surface area is 164 Å². The molecule has 0 fully saturated rings. The first kappa shape index (κ1) is 18.0. The molecule has 4 heteroatoms. The summed E-state index contributed by atoms with van der Waals surface area (Å²) >= 11 is 0. The average Bonchev–Trinajstić information content (AvgIpc) is 3.12. The molecule has 0 atom stereocenters. The molecule has 140 valence electrons. The molecule has 0 saturated heterocycles. The molecule has 1 heterocycles. The minimum Gasteiger partial charge on any atom is -0.356 e. The summed E-state index contributed by atoms with van der Waals surface area (Å²) in [6.45, 7) is 0.651. The zero-order valence-electron chi connectivity index (χ0n) is 15.7. The second-order valence-corrected chi connectivity index (χ2v) is 6.77. The quantitative estimate of drug-likeness (QED) is 0.527. The van der Waals surface area contributed by atoms with Crippen LogP contribution in [0.5, 0.6) is 0 Å². The SMILES string of the molecule is O=C(CCc1nc2ccccc2n1-c1ccccc1)NCCc1ccccc1. The van der Waals surface area contributed by atoms with E-state index in [0.29, 0.717) is 19.4 Å². The van der Waals surface area contributed by atoms with Gasteiger partial charge in [-0.15, -0.1) is 0 Å². The summed E-state index contributed by atoms with van der Waals surface area (Å²) in [6, 6.07) is 28.5. The van der Waals surface area contributed by atoms with Crippen LogP contribution in [0.15, 0.2) is 84.9 Å². The number of amides is 1. The van der Waals surface area contributed by atoms with Gasteiger partial charge in [0.05, 0.1) is 11.0 Å². The fourth-order valence-electron chi connectivity index (χ4n) is 3.41. The van der Waals surface area contributed by atoms with Crippen LogP contribution in [0.25, 0.3) is 16.7 Å². The van der Waals surface area contributed by atoms with Gasteiger partial charge >= 0.3 is 0 Å². The molecule has 4 rings (SSSR count). The molecule has 0 unspecified atom stereocenters. The minimum atomic E-state index is 0.0580. The predicted octanol–water partition coefficient (Wildman–Crippen LogP) is 4.32. The summed E-state index contributed by atoms with van der Waals surface area (Å²) in [5.41, 5.74) is 4.31. The van der Waals surface area contributed by atoms with Crippen LogP contribution in [0.4, 0.5) is 0 Å². The highest BCUT2D eigenvalue weighted by Gasteiger charge is 2.13. The number of aryl methyl sites for hydroxylation is 1. The summed E-state index contributed by atoms with van der Waals surface area (Å²) < 4.78 is 2.15. The summed E-state index contributed by atoms with van der Waals surface area (Å²) in [6.07, 6.45) is 1.86. The Morgan fingerprint density at radius 1 is 0.821 bits per heavy atom. The molecule has 0 radical (unpaired) electrons. The lowest BCUT2D eigenvalue weighted by atomic mass is 10.1. The Kier molecular flexibility index (Phi) is 5.48. The maximum atomic E-state index is 12.3. The molecule has 0 aliphatic carbocycles. The highest BCUT2D eigenvalue weighted by Crippen LogP contribution is 2.22. The third-order valence-electron chi connectivity index (χ3n) is 4.80. The Balaban J connectivity index is 1.44. The third-order valence-corrected chi connectivity index (χ3v) is 4.80. The van der Waals surface area contributed by atoms with Crippen LogP contribution in [-0.4, -0.2) is 22.0 Å². The van der Waals surface area contributed by atoms with E-state index in [1.165, 1.54) is 5.56 Å². The van der Waals surface area contributed by atoms with Crippen LogP contribution in [-0.2, 0) is 17.6 Å². The molecule has 4 aromatic rings. The van der Waals surface area contributed by atoms with Crippen LogP contribution >= 0.6 is 0 Å². The number of rotatable bonds is 7. The Bertz CT molecular complexity index is 1060. The number of para-hydroxylation sites is 3. The van der Waals surface area contributed by atoms with E-state index < -0.39 is 0 Å². The van der Waals surface area contributed by atoms with Gasteiger partial charge < -0.3 is 5.32 Å². The Morgan fingerprint density at radius 2 is 1.50 bits per heavy atom. The maximum Gasteiger partial charge on any atom is 0.220 e. The zero-order valence-corrected chi connectivity index (χ0v) is 15.7. The second kappa shape index (κ2) is 8.53. The van der Waals surface area contributed by atoms with Crippen molar-refractivity contribution in [3.8, 4) is 5.69 Å². The number of carbonyl (C=O) groups excluding carboxylic acids is 1. The molecule has 0 bridgehead atoms. The first-order valence-electron chi connectivity index (χ1n) is 9.64. The topological polar surface area (TPSA) is 46.9 Å². The standard InChI is InChI=1S/C24H23N3O/c28-24(25-18-17-19-9-3-1-4-10-19)16-15-23-26-21-13-7-8-14-22(21)27(23)20-11-5-2-6-12-20/h1-14H,15-18H2,(H,25,28). The van der Waals surface area contributed by atoms with E-state index in [4.69, 9.17) is 4.98 Å². The van der Waals surface area contributed by atoms with E-state index in [1.807, 2.05) is 54.6 Å². The van der Waals surface area contributed by atoms with Crippen molar-refractivity contribution in [2.75, 3.05) is 6.54 Å². The molecule has 0 spiro atoms. The van der Waals surface area contributed by atoms with Crippen LogP contribution in [0.1, 0.15) is 17.8 Å². The van der Waals surface area contributed by atoms with E-state index in [9.17, 15) is 4.79 Å². The van der Waals surface area contributed by atoms with Crippen molar-refractivity contribution in [1.29, 1.82) is 0 Å². The van der Waals surface area contributed by atoms with Crippen LogP contribution < -0.4 is 5.32 Å². The minimum absolute atomic E-state index is 0.0580. The van der Waals surface area contributed by atoms with Gasteiger partial charge in [-0.3, -0.25) is 9.36 Å². The van der Waals surface area contributed by atoms with Crippen molar-refractivity contribution in [3.63, 3.8) is 0 Å². The number of imidazole rings is 1. The van der Waals surface area contributed by atoms with Gasteiger partial charge in [0.2, 0.25) is 5.91 Å². The van der Waals surface area contributed by atoms with Crippen LogP contribution in [0, 0.1) is 0 Å². The molecule has 3 aromatic carbocycles. The fourth-order valence-corrected chi connectivity index (χ4v) is 3.41. The predicted molar refractivity (Wildman–Crippen MR) is 113 cm³/mol. The summed E-state index contributed by atoms with van der Waals surface area (Å²) in [7, 11) is 0. The van der Waals surface area contributed by atoms with Gasteiger partial charge in [0, 0.05) is 25.1 Å². The maximum absolute atomic E-state index is 12.3. The van der Waals surface area contributed by atoms with E-state index in [0.717, 1.165) is 29.0 Å². The van der Waals surface area contributed by atoms with Crippen molar-refractivity contribution in [2.24, 2.45) is 0 Å². The van der Waals surface area contributed by atoms with Gasteiger partial charge in [0.1, 0.15) is 5.82 Å². The third kappa shape index (κ3) is 4.12. The molecular weight excluding hydrogens is 346 g/mol. The lowest BCUT2D eigenvalue weighted by Crippen LogP contribution is -2.26. The normalized spacial score (nSPS) is 10.9. The summed E-state index contributed by atoms with van der Waals surface area (Å²) in [4.78, 5) is 17.1. The Morgan fingerprint density at radius 3 is 2.29 bits per heavy atom. The van der Waals surface area contributed by atoms with Crippen LogP contribution in [0.3, 0.4) is 0 Å². The smallest absolute Gasteiger partial charge is 0.220 e. The molecule has 1 aromatic heterocycles. The van der Waals surface area contributed by atoms with Crippen molar-refractivity contribution < 1.29 is 4.79 Å². The van der Waals surface area contributed by atoms with E-state index >= 15 is 0 Å². The largest absolute Gasteiger partial charge is 0.356 e. The first-order valence-corrected chi connectivity index (χ1v) is 9.64. The van der Waals surface area contributed by atoms with E-state index in [1.54, 1.807) is 0 Å². The number of benzene rings is 3. The fraction of sp³-hybridized carbons (Fsp3) is 0.167. The van der Waals surface area contributed by atoms with Gasteiger partial charge in [-0.1, -0.05) is 60.7 Å². The summed E-state index contributed by atoms with van der Waals surface area (Å²) in [5, 5.41) is 3.02. The zero-order chi connectivity index (χ0) is 19.2. The summed E-state index contributed by atoms with van der Waals surface area (Å²) in [5.74, 6) is 0.966. The number of fused-ring (bicyclic) bond motifs is 1. The number of hydrogen-bond acceptors (Lipinski definition) is 2. The van der Waals surface area contributed by atoms with Gasteiger partial charge in [0.25, 0.3) is 0 Å². The van der Waals surface area contributed by atoms with Crippen molar-refractivity contribution >= 4 is 16.9 Å². The average molecular weight is 369 g/mol. The number of aromatic nitrogens is 2. The van der Waals surface area contributed by atoms with E-state index in [2.05, 4.69) is 40.2 Å². The lowest BCUT2D eigenvalue weighted by Gasteiger charge is -2.09. The molecular formula is C24H23N3O. The number of hydrogen-bond donors (Lipinski definition) is 1. The van der Waals surface area contributed by atoms with Gasteiger partial charge in [0.15, 0.2) is 0 Å². The monoisotopic (exact) mass is 369 g/mol.